The van der Waals surface area contributed by atoms with Gasteiger partial charge in [0, 0.05) is 15.8 Å². The van der Waals surface area contributed by atoms with Crippen molar-refractivity contribution in [3.8, 4) is 11.3 Å². The number of methoxy groups -OCH3 is 1. The van der Waals surface area contributed by atoms with Gasteiger partial charge in [0.2, 0.25) is 0 Å². The molecule has 2 aromatic heterocycles. The molecule has 0 saturated heterocycles. The molecule has 0 fully saturated rings. The molecule has 5 rings (SSSR count). The lowest BCUT2D eigenvalue weighted by Gasteiger charge is -2.12. The number of para-hydroxylation sites is 1. The second-order valence-electron chi connectivity index (χ2n) is 9.09. The van der Waals surface area contributed by atoms with Gasteiger partial charge in [-0.05, 0) is 74.4 Å². The number of hydrogen-bond donors (Lipinski definition) is 1. The number of amides is 1. The Balaban J connectivity index is 1.59. The van der Waals surface area contributed by atoms with E-state index >= 15 is 0 Å². The highest BCUT2D eigenvalue weighted by atomic mass is 32.1. The molecule has 0 spiro atoms. The third-order valence-electron chi connectivity index (χ3n) is 6.80. The number of aromatic nitrogens is 1. The molecular weight excluding hydrogens is 456 g/mol. The molecule has 1 aliphatic rings. The minimum absolute atomic E-state index is 0.254. The molecule has 2 aromatic carbocycles. The van der Waals surface area contributed by atoms with Gasteiger partial charge in [0.25, 0.3) is 5.91 Å². The number of pyridine rings is 1. The van der Waals surface area contributed by atoms with Crippen molar-refractivity contribution in [2.45, 2.75) is 46.0 Å². The lowest BCUT2D eigenvalue weighted by molar-refractivity contribution is 0.0601. The summed E-state index contributed by atoms with van der Waals surface area (Å²) in [5, 5.41) is 4.41. The van der Waals surface area contributed by atoms with Crippen molar-refractivity contribution in [2.75, 3.05) is 12.4 Å². The van der Waals surface area contributed by atoms with Gasteiger partial charge in [0.15, 0.2) is 0 Å². The van der Waals surface area contributed by atoms with Gasteiger partial charge in [0.1, 0.15) is 5.00 Å². The Morgan fingerprint density at radius 3 is 2.57 bits per heavy atom. The molecule has 0 saturated carbocycles. The first-order valence-corrected chi connectivity index (χ1v) is 12.8. The van der Waals surface area contributed by atoms with E-state index in [2.05, 4.69) is 31.3 Å². The summed E-state index contributed by atoms with van der Waals surface area (Å²) in [6, 6.07) is 15.7. The fourth-order valence-corrected chi connectivity index (χ4v) is 6.00. The molecule has 4 aromatic rings. The zero-order chi connectivity index (χ0) is 24.5. The molecule has 0 unspecified atom stereocenters. The second kappa shape index (κ2) is 9.62. The maximum absolute atomic E-state index is 13.7. The highest BCUT2D eigenvalue weighted by Gasteiger charge is 2.27. The van der Waals surface area contributed by atoms with Crippen LogP contribution in [0, 0.1) is 13.8 Å². The monoisotopic (exact) mass is 484 g/mol. The number of nitrogens with one attached hydrogen (secondary N) is 1. The number of hydrogen-bond acceptors (Lipinski definition) is 5. The van der Waals surface area contributed by atoms with Crippen LogP contribution < -0.4 is 5.32 Å². The van der Waals surface area contributed by atoms with Crippen LogP contribution in [0.1, 0.15) is 61.5 Å². The van der Waals surface area contributed by atoms with E-state index in [0.717, 1.165) is 59.8 Å². The summed E-state index contributed by atoms with van der Waals surface area (Å²) in [6.07, 6.45) is 5.04. The number of aryl methyl sites for hydroxylation is 3. The minimum Gasteiger partial charge on any atom is -0.465 e. The third kappa shape index (κ3) is 4.46. The van der Waals surface area contributed by atoms with E-state index in [0.29, 0.717) is 16.1 Å². The first-order valence-electron chi connectivity index (χ1n) is 12.0. The predicted molar refractivity (Wildman–Crippen MR) is 142 cm³/mol. The quantitative estimate of drug-likeness (QED) is 0.253. The van der Waals surface area contributed by atoms with E-state index < -0.39 is 5.97 Å². The highest BCUT2D eigenvalue weighted by Crippen LogP contribution is 2.38. The van der Waals surface area contributed by atoms with Crippen LogP contribution in [0.4, 0.5) is 5.00 Å². The number of anilines is 1. The first-order chi connectivity index (χ1) is 17.0. The van der Waals surface area contributed by atoms with E-state index in [4.69, 9.17) is 9.72 Å². The first kappa shape index (κ1) is 23.2. The number of esters is 1. The average molecular weight is 485 g/mol. The van der Waals surface area contributed by atoms with Gasteiger partial charge in [-0.1, -0.05) is 36.8 Å². The molecular formula is C29H28N2O3S. The number of ether oxygens (including phenoxy) is 1. The number of fused-ring (bicyclic) bond motifs is 2. The Labute approximate surface area is 209 Å². The normalized spacial score (nSPS) is 13.2. The van der Waals surface area contributed by atoms with Crippen LogP contribution in [0.5, 0.6) is 0 Å². The van der Waals surface area contributed by atoms with Gasteiger partial charge >= 0.3 is 5.97 Å². The summed E-state index contributed by atoms with van der Waals surface area (Å²) in [4.78, 5) is 32.4. The van der Waals surface area contributed by atoms with Crippen LogP contribution in [0.2, 0.25) is 0 Å². The van der Waals surface area contributed by atoms with Crippen molar-refractivity contribution in [1.29, 1.82) is 0 Å². The second-order valence-corrected chi connectivity index (χ2v) is 10.2. The number of nitrogens with zero attached hydrogens (tertiary/aromatic N) is 1. The van der Waals surface area contributed by atoms with Gasteiger partial charge in [-0.2, -0.15) is 0 Å². The Kier molecular flexibility index (Phi) is 6.39. The van der Waals surface area contributed by atoms with Crippen molar-refractivity contribution in [3.63, 3.8) is 0 Å². The van der Waals surface area contributed by atoms with E-state index in [-0.39, 0.29) is 5.91 Å². The summed E-state index contributed by atoms with van der Waals surface area (Å²) in [5.74, 6) is -0.648. The average Bonchev–Trinajstić information content (AvgIpc) is 3.04. The van der Waals surface area contributed by atoms with Crippen LogP contribution in [-0.4, -0.2) is 24.0 Å². The number of benzene rings is 2. The minimum atomic E-state index is -0.393. The number of carbonyl (C=O) groups excluding carboxylic acids is 2. The molecule has 0 aliphatic heterocycles. The van der Waals surface area contributed by atoms with Crippen LogP contribution in [0.25, 0.3) is 22.2 Å². The lowest BCUT2D eigenvalue weighted by Crippen LogP contribution is -2.15. The van der Waals surface area contributed by atoms with Crippen LogP contribution in [0.15, 0.2) is 48.5 Å². The fourth-order valence-electron chi connectivity index (χ4n) is 4.73. The summed E-state index contributed by atoms with van der Waals surface area (Å²) in [5.41, 5.74) is 6.91. The number of rotatable bonds is 4. The molecule has 1 amide bonds. The molecule has 6 heteroatoms. The third-order valence-corrected chi connectivity index (χ3v) is 8.01. The Morgan fingerprint density at radius 2 is 1.77 bits per heavy atom. The van der Waals surface area contributed by atoms with Crippen molar-refractivity contribution in [2.24, 2.45) is 0 Å². The zero-order valence-electron chi connectivity index (χ0n) is 20.2. The van der Waals surface area contributed by atoms with Gasteiger partial charge in [-0.3, -0.25) is 4.79 Å². The Hall–Kier alpha value is -3.51. The van der Waals surface area contributed by atoms with E-state index in [1.165, 1.54) is 34.5 Å². The topological polar surface area (TPSA) is 68.3 Å². The number of carbonyl (C=O) groups is 2. The van der Waals surface area contributed by atoms with Gasteiger partial charge in [-0.15, -0.1) is 11.3 Å². The molecule has 0 bridgehead atoms. The van der Waals surface area contributed by atoms with E-state index in [1.807, 2.05) is 36.4 Å². The fraction of sp³-hybridized carbons (Fsp3) is 0.276. The summed E-state index contributed by atoms with van der Waals surface area (Å²) < 4.78 is 5.10. The molecule has 2 heterocycles. The Bertz CT molecular complexity index is 1450. The Morgan fingerprint density at radius 1 is 0.971 bits per heavy atom. The molecule has 178 valence electrons. The summed E-state index contributed by atoms with van der Waals surface area (Å²) >= 11 is 1.50. The van der Waals surface area contributed by atoms with Gasteiger partial charge in [-0.25, -0.2) is 9.78 Å². The maximum Gasteiger partial charge on any atom is 0.341 e. The standard InChI is InChI=1S/C29H28N2O3S/c1-17-13-14-19(15-18(17)2)24-16-22(20-9-7-8-11-23(20)30-24)27(32)31-28-26(29(33)34-3)21-10-5-4-6-12-25(21)35-28/h7-9,11,13-16H,4-6,10,12H2,1-3H3,(H,31,32). The van der Waals surface area contributed by atoms with Gasteiger partial charge in [0.05, 0.1) is 29.4 Å². The lowest BCUT2D eigenvalue weighted by atomic mass is 10.0. The highest BCUT2D eigenvalue weighted by molar-refractivity contribution is 7.17. The SMILES string of the molecule is COC(=O)c1c(NC(=O)c2cc(-c3ccc(C)c(C)c3)nc3ccccc23)sc2c1CCCCC2. The summed E-state index contributed by atoms with van der Waals surface area (Å²) in [6.45, 7) is 4.15. The van der Waals surface area contributed by atoms with Gasteiger partial charge < -0.3 is 10.1 Å². The molecule has 1 aliphatic carbocycles. The van der Waals surface area contributed by atoms with Crippen LogP contribution >= 0.6 is 11.3 Å². The summed E-state index contributed by atoms with van der Waals surface area (Å²) in [7, 11) is 1.39. The van der Waals surface area contributed by atoms with Crippen molar-refractivity contribution >= 4 is 39.1 Å². The number of thiophene rings is 1. The van der Waals surface area contributed by atoms with E-state index in [1.54, 1.807) is 0 Å². The molecule has 1 N–H and O–H groups in total. The zero-order valence-corrected chi connectivity index (χ0v) is 21.1. The molecule has 0 atom stereocenters. The molecule has 35 heavy (non-hydrogen) atoms. The molecule has 0 radical (unpaired) electrons. The molecule has 5 nitrogen and oxygen atoms in total. The van der Waals surface area contributed by atoms with Crippen molar-refractivity contribution in [1.82, 2.24) is 4.98 Å². The van der Waals surface area contributed by atoms with Crippen molar-refractivity contribution in [3.05, 3.63) is 81.2 Å². The van der Waals surface area contributed by atoms with Crippen molar-refractivity contribution < 1.29 is 14.3 Å². The van der Waals surface area contributed by atoms with Crippen LogP contribution in [-0.2, 0) is 17.6 Å². The van der Waals surface area contributed by atoms with E-state index in [9.17, 15) is 9.59 Å². The largest absolute Gasteiger partial charge is 0.465 e. The van der Waals surface area contributed by atoms with Crippen LogP contribution in [0.3, 0.4) is 0 Å². The maximum atomic E-state index is 13.7. The smallest absolute Gasteiger partial charge is 0.341 e. The predicted octanol–water partition coefficient (Wildman–Crippen LogP) is 6.89.